The summed E-state index contributed by atoms with van der Waals surface area (Å²) in [7, 11) is 3.14. The standard InChI is InChI=1S/C18H25N5O5/c1-4-28-15-8-6-5-7-14(15)21-17-16(23(24)25)18(20-13-19-17)22(9-11-26-2)10-12-27-3/h5-8,13H,4,9-12H2,1-3H3,(H,19,20,21). The fraction of sp³-hybridized carbons (Fsp3) is 0.444. The number of ether oxygens (including phenoxy) is 3. The number of nitrogens with zero attached hydrogens (tertiary/aromatic N) is 4. The van der Waals surface area contributed by atoms with Crippen molar-refractivity contribution < 1.29 is 19.1 Å². The van der Waals surface area contributed by atoms with Gasteiger partial charge in [0.1, 0.15) is 12.1 Å². The van der Waals surface area contributed by atoms with Crippen molar-refractivity contribution in [1.82, 2.24) is 9.97 Å². The molecule has 2 aromatic rings. The van der Waals surface area contributed by atoms with Crippen LogP contribution in [0.1, 0.15) is 6.92 Å². The Hall–Kier alpha value is -2.98. The molecule has 1 aromatic carbocycles. The topological polar surface area (TPSA) is 112 Å². The van der Waals surface area contributed by atoms with Crippen molar-refractivity contribution in [3.8, 4) is 5.75 Å². The summed E-state index contributed by atoms with van der Waals surface area (Å²) >= 11 is 0. The highest BCUT2D eigenvalue weighted by atomic mass is 16.6. The molecule has 0 aliphatic rings. The molecule has 0 fully saturated rings. The largest absolute Gasteiger partial charge is 0.492 e. The summed E-state index contributed by atoms with van der Waals surface area (Å²) in [6.07, 6.45) is 1.29. The molecule has 2 rings (SSSR count). The maximum Gasteiger partial charge on any atom is 0.353 e. The minimum absolute atomic E-state index is 0.0852. The number of hydrogen-bond acceptors (Lipinski definition) is 9. The van der Waals surface area contributed by atoms with E-state index in [1.54, 1.807) is 31.3 Å². The summed E-state index contributed by atoms with van der Waals surface area (Å²) in [5, 5.41) is 14.9. The van der Waals surface area contributed by atoms with E-state index in [4.69, 9.17) is 14.2 Å². The Balaban J connectivity index is 2.43. The van der Waals surface area contributed by atoms with Crippen molar-refractivity contribution in [2.24, 2.45) is 0 Å². The van der Waals surface area contributed by atoms with Crippen molar-refractivity contribution in [3.63, 3.8) is 0 Å². The molecule has 0 bridgehead atoms. The smallest absolute Gasteiger partial charge is 0.353 e. The molecule has 1 aromatic heterocycles. The number of aromatic nitrogens is 2. The molecule has 0 amide bonds. The highest BCUT2D eigenvalue weighted by Crippen LogP contribution is 2.35. The maximum atomic E-state index is 11.9. The van der Waals surface area contributed by atoms with Crippen LogP contribution >= 0.6 is 0 Å². The molecule has 0 aliphatic carbocycles. The first-order valence-electron chi connectivity index (χ1n) is 8.83. The van der Waals surface area contributed by atoms with E-state index in [1.807, 2.05) is 19.1 Å². The first-order valence-corrected chi connectivity index (χ1v) is 8.83. The Morgan fingerprint density at radius 3 is 2.43 bits per heavy atom. The van der Waals surface area contributed by atoms with Crippen molar-refractivity contribution in [1.29, 1.82) is 0 Å². The lowest BCUT2D eigenvalue weighted by Crippen LogP contribution is -2.32. The van der Waals surface area contributed by atoms with Gasteiger partial charge in [0.25, 0.3) is 0 Å². The van der Waals surface area contributed by atoms with Gasteiger partial charge in [-0.3, -0.25) is 10.1 Å². The van der Waals surface area contributed by atoms with Gasteiger partial charge in [0.2, 0.25) is 11.6 Å². The first kappa shape index (κ1) is 21.3. The quantitative estimate of drug-likeness (QED) is 0.431. The molecular formula is C18H25N5O5. The van der Waals surface area contributed by atoms with Crippen molar-refractivity contribution in [3.05, 3.63) is 40.7 Å². The van der Waals surface area contributed by atoms with Crippen LogP contribution in [0.15, 0.2) is 30.6 Å². The zero-order chi connectivity index (χ0) is 20.4. The van der Waals surface area contributed by atoms with Crippen molar-refractivity contribution in [2.75, 3.05) is 57.3 Å². The van der Waals surface area contributed by atoms with Crippen LogP contribution in [0.4, 0.5) is 23.0 Å². The van der Waals surface area contributed by atoms with Crippen LogP contribution < -0.4 is 15.0 Å². The van der Waals surface area contributed by atoms with Gasteiger partial charge in [0.15, 0.2) is 0 Å². The predicted octanol–water partition coefficient (Wildman–Crippen LogP) is 2.63. The molecule has 28 heavy (non-hydrogen) atoms. The Morgan fingerprint density at radius 2 is 1.82 bits per heavy atom. The van der Waals surface area contributed by atoms with Gasteiger partial charge in [-0.2, -0.15) is 0 Å². The molecule has 0 saturated carbocycles. The van der Waals surface area contributed by atoms with Gasteiger partial charge in [-0.05, 0) is 19.1 Å². The highest BCUT2D eigenvalue weighted by molar-refractivity contribution is 5.76. The van der Waals surface area contributed by atoms with E-state index in [0.29, 0.717) is 44.3 Å². The SMILES string of the molecule is CCOc1ccccc1Nc1ncnc(N(CCOC)CCOC)c1[N+](=O)[O-]. The van der Waals surface area contributed by atoms with Gasteiger partial charge in [0.05, 0.1) is 30.4 Å². The molecule has 0 spiro atoms. The molecule has 1 heterocycles. The molecule has 0 atom stereocenters. The number of anilines is 3. The van der Waals surface area contributed by atoms with Crippen molar-refractivity contribution >= 4 is 23.0 Å². The van der Waals surface area contributed by atoms with Gasteiger partial charge in [-0.25, -0.2) is 9.97 Å². The third-order valence-corrected chi connectivity index (χ3v) is 3.86. The zero-order valence-corrected chi connectivity index (χ0v) is 16.3. The summed E-state index contributed by atoms with van der Waals surface area (Å²) in [4.78, 5) is 21.4. The van der Waals surface area contributed by atoms with Crippen LogP contribution in [0.3, 0.4) is 0 Å². The Bertz CT molecular complexity index is 766. The lowest BCUT2D eigenvalue weighted by molar-refractivity contribution is -0.383. The number of rotatable bonds is 12. The molecule has 0 aliphatic heterocycles. The van der Waals surface area contributed by atoms with E-state index >= 15 is 0 Å². The lowest BCUT2D eigenvalue weighted by atomic mass is 10.2. The Labute approximate surface area is 163 Å². The average molecular weight is 391 g/mol. The van der Waals surface area contributed by atoms with Crippen LogP contribution in [0.25, 0.3) is 0 Å². The maximum absolute atomic E-state index is 11.9. The molecule has 152 valence electrons. The van der Waals surface area contributed by atoms with E-state index in [-0.39, 0.29) is 17.3 Å². The third-order valence-electron chi connectivity index (χ3n) is 3.86. The minimum Gasteiger partial charge on any atom is -0.492 e. The summed E-state index contributed by atoms with van der Waals surface area (Å²) in [6.45, 7) is 3.96. The average Bonchev–Trinajstić information content (AvgIpc) is 2.69. The molecular weight excluding hydrogens is 366 g/mol. The van der Waals surface area contributed by atoms with Crippen LogP contribution in [0.5, 0.6) is 5.75 Å². The zero-order valence-electron chi connectivity index (χ0n) is 16.3. The van der Waals surface area contributed by atoms with Gasteiger partial charge in [-0.15, -0.1) is 0 Å². The van der Waals surface area contributed by atoms with E-state index in [0.717, 1.165) is 0 Å². The van der Waals surface area contributed by atoms with Crippen LogP contribution in [-0.2, 0) is 9.47 Å². The van der Waals surface area contributed by atoms with Crippen LogP contribution in [0, 0.1) is 10.1 Å². The summed E-state index contributed by atoms with van der Waals surface area (Å²) in [5.74, 6) is 0.863. The molecule has 1 N–H and O–H groups in total. The summed E-state index contributed by atoms with van der Waals surface area (Å²) in [5.41, 5.74) is 0.360. The lowest BCUT2D eigenvalue weighted by Gasteiger charge is -2.23. The summed E-state index contributed by atoms with van der Waals surface area (Å²) in [6, 6.07) is 7.18. The van der Waals surface area contributed by atoms with Crippen molar-refractivity contribution in [2.45, 2.75) is 6.92 Å². The number of para-hydroxylation sites is 2. The summed E-state index contributed by atoms with van der Waals surface area (Å²) < 4.78 is 15.8. The number of methoxy groups -OCH3 is 2. The third kappa shape index (κ3) is 5.51. The van der Waals surface area contributed by atoms with Crippen LogP contribution in [0.2, 0.25) is 0 Å². The van der Waals surface area contributed by atoms with E-state index < -0.39 is 4.92 Å². The second-order valence-electron chi connectivity index (χ2n) is 5.68. The van der Waals surface area contributed by atoms with Gasteiger partial charge in [-0.1, -0.05) is 12.1 Å². The molecule has 10 nitrogen and oxygen atoms in total. The number of nitrogens with one attached hydrogen (secondary N) is 1. The molecule has 0 unspecified atom stereocenters. The molecule has 10 heteroatoms. The second-order valence-corrected chi connectivity index (χ2v) is 5.68. The van der Waals surface area contributed by atoms with E-state index in [9.17, 15) is 10.1 Å². The minimum atomic E-state index is -0.492. The van der Waals surface area contributed by atoms with Gasteiger partial charge < -0.3 is 24.4 Å². The number of nitro groups is 1. The number of benzene rings is 1. The Morgan fingerprint density at radius 1 is 1.14 bits per heavy atom. The van der Waals surface area contributed by atoms with Gasteiger partial charge in [0, 0.05) is 27.3 Å². The second kappa shape index (κ2) is 11.0. The molecule has 0 radical (unpaired) electrons. The predicted molar refractivity (Wildman–Crippen MR) is 106 cm³/mol. The molecule has 0 saturated heterocycles. The number of hydrogen-bond donors (Lipinski definition) is 1. The van der Waals surface area contributed by atoms with Crippen LogP contribution in [-0.4, -0.2) is 62.0 Å². The fourth-order valence-corrected chi connectivity index (χ4v) is 2.57. The van der Waals surface area contributed by atoms with E-state index in [1.165, 1.54) is 6.33 Å². The van der Waals surface area contributed by atoms with Gasteiger partial charge >= 0.3 is 5.69 Å². The normalized spacial score (nSPS) is 10.5. The Kier molecular flexibility index (Phi) is 8.37. The van der Waals surface area contributed by atoms with E-state index in [2.05, 4.69) is 15.3 Å². The first-order chi connectivity index (χ1) is 13.6. The monoisotopic (exact) mass is 391 g/mol. The highest BCUT2D eigenvalue weighted by Gasteiger charge is 2.27. The fourth-order valence-electron chi connectivity index (χ4n) is 2.57.